The van der Waals surface area contributed by atoms with E-state index in [1.165, 1.54) is 12.8 Å². The second-order valence-electron chi connectivity index (χ2n) is 7.12. The number of hydrogen-bond donors (Lipinski definition) is 2. The molecule has 0 bridgehead atoms. The van der Waals surface area contributed by atoms with E-state index in [1.54, 1.807) is 4.31 Å². The average Bonchev–Trinajstić information content (AvgIpc) is 3.27. The molecule has 0 amide bonds. The first-order valence-corrected chi connectivity index (χ1v) is 9.80. The molecule has 2 aliphatic rings. The van der Waals surface area contributed by atoms with Crippen LogP contribution in [-0.4, -0.2) is 44.9 Å². The van der Waals surface area contributed by atoms with Crippen molar-refractivity contribution in [1.82, 2.24) is 14.3 Å². The average molecular weight is 317 g/mol. The minimum absolute atomic E-state index is 0.358. The minimum atomic E-state index is -3.31. The zero-order chi connectivity index (χ0) is 15.5. The van der Waals surface area contributed by atoms with Crippen LogP contribution >= 0.6 is 0 Å². The molecular weight excluding hydrogens is 286 g/mol. The lowest BCUT2D eigenvalue weighted by atomic mass is 9.99. The number of nitrogens with zero attached hydrogens (tertiary/aromatic N) is 1. The van der Waals surface area contributed by atoms with Crippen molar-refractivity contribution in [3.63, 3.8) is 0 Å². The maximum Gasteiger partial charge on any atom is 0.279 e. The summed E-state index contributed by atoms with van der Waals surface area (Å²) in [5.41, 5.74) is 0. The lowest BCUT2D eigenvalue weighted by Gasteiger charge is -2.32. The van der Waals surface area contributed by atoms with Crippen LogP contribution in [0.15, 0.2) is 0 Å². The van der Waals surface area contributed by atoms with Crippen molar-refractivity contribution in [1.29, 1.82) is 0 Å². The predicted molar refractivity (Wildman–Crippen MR) is 86.2 cm³/mol. The summed E-state index contributed by atoms with van der Waals surface area (Å²) < 4.78 is 29.2. The number of nitrogens with one attached hydrogen (secondary N) is 2. The van der Waals surface area contributed by atoms with Crippen LogP contribution in [0.3, 0.4) is 0 Å². The lowest BCUT2D eigenvalue weighted by Crippen LogP contribution is -2.48. The molecule has 1 aliphatic carbocycles. The Balaban J connectivity index is 1.80. The fourth-order valence-corrected chi connectivity index (χ4v) is 4.03. The molecule has 6 heteroatoms. The van der Waals surface area contributed by atoms with E-state index in [0.29, 0.717) is 43.4 Å². The van der Waals surface area contributed by atoms with Crippen LogP contribution < -0.4 is 10.0 Å². The van der Waals surface area contributed by atoms with Gasteiger partial charge in [-0.05, 0) is 50.0 Å². The van der Waals surface area contributed by atoms with Gasteiger partial charge in [0.2, 0.25) is 0 Å². The summed E-state index contributed by atoms with van der Waals surface area (Å²) in [5, 5.41) is 3.52. The molecule has 0 radical (unpaired) electrons. The topological polar surface area (TPSA) is 61.4 Å². The van der Waals surface area contributed by atoms with Crippen molar-refractivity contribution < 1.29 is 8.42 Å². The largest absolute Gasteiger partial charge is 0.314 e. The highest BCUT2D eigenvalue weighted by Gasteiger charge is 2.30. The van der Waals surface area contributed by atoms with E-state index in [-0.39, 0.29) is 0 Å². The molecule has 21 heavy (non-hydrogen) atoms. The third-order valence-corrected chi connectivity index (χ3v) is 6.36. The molecule has 1 saturated heterocycles. The van der Waals surface area contributed by atoms with Gasteiger partial charge in [0.1, 0.15) is 0 Å². The van der Waals surface area contributed by atoms with Gasteiger partial charge in [0.25, 0.3) is 10.2 Å². The number of piperidine rings is 1. The first-order chi connectivity index (χ1) is 9.88. The van der Waals surface area contributed by atoms with Gasteiger partial charge >= 0.3 is 0 Å². The maximum absolute atomic E-state index is 12.4. The summed E-state index contributed by atoms with van der Waals surface area (Å²) in [6, 6.07) is 0.696. The molecule has 0 aromatic rings. The van der Waals surface area contributed by atoms with Crippen molar-refractivity contribution in [3.8, 4) is 0 Å². The van der Waals surface area contributed by atoms with Crippen LogP contribution in [0, 0.1) is 17.8 Å². The smallest absolute Gasteiger partial charge is 0.279 e. The molecule has 1 saturated carbocycles. The van der Waals surface area contributed by atoms with Gasteiger partial charge in [-0.25, -0.2) is 4.72 Å². The highest BCUT2D eigenvalue weighted by Crippen LogP contribution is 2.22. The molecule has 2 rings (SSSR count). The minimum Gasteiger partial charge on any atom is -0.314 e. The SMILES string of the molecule is CC(C)C(C)CNS(=O)(=O)N1CCCC(CNC2CC2)C1. The maximum atomic E-state index is 12.4. The van der Waals surface area contributed by atoms with Gasteiger partial charge in [-0.2, -0.15) is 12.7 Å². The Bertz CT molecular complexity index is 421. The van der Waals surface area contributed by atoms with Gasteiger partial charge in [0.15, 0.2) is 0 Å². The third-order valence-electron chi connectivity index (χ3n) is 4.82. The van der Waals surface area contributed by atoms with E-state index in [4.69, 9.17) is 0 Å². The van der Waals surface area contributed by atoms with E-state index in [1.807, 2.05) is 0 Å². The summed E-state index contributed by atoms with van der Waals surface area (Å²) in [6.45, 7) is 9.14. The normalized spacial score (nSPS) is 26.2. The summed E-state index contributed by atoms with van der Waals surface area (Å²) in [4.78, 5) is 0. The van der Waals surface area contributed by atoms with Crippen molar-refractivity contribution >= 4 is 10.2 Å². The molecule has 0 aromatic heterocycles. The Morgan fingerprint density at radius 3 is 2.52 bits per heavy atom. The zero-order valence-corrected chi connectivity index (χ0v) is 14.5. The van der Waals surface area contributed by atoms with Crippen LogP contribution in [0.4, 0.5) is 0 Å². The number of rotatable bonds is 8. The molecule has 124 valence electrons. The fourth-order valence-electron chi connectivity index (χ4n) is 2.60. The molecule has 2 fully saturated rings. The van der Waals surface area contributed by atoms with Crippen LogP contribution in [0.2, 0.25) is 0 Å². The van der Waals surface area contributed by atoms with Crippen LogP contribution in [-0.2, 0) is 10.2 Å². The lowest BCUT2D eigenvalue weighted by molar-refractivity contribution is 0.256. The highest BCUT2D eigenvalue weighted by molar-refractivity contribution is 7.87. The van der Waals surface area contributed by atoms with Crippen molar-refractivity contribution in [3.05, 3.63) is 0 Å². The Morgan fingerprint density at radius 2 is 1.90 bits per heavy atom. The molecule has 2 N–H and O–H groups in total. The molecule has 0 spiro atoms. The number of hydrogen-bond acceptors (Lipinski definition) is 3. The van der Waals surface area contributed by atoms with Gasteiger partial charge in [0, 0.05) is 25.7 Å². The van der Waals surface area contributed by atoms with E-state index < -0.39 is 10.2 Å². The van der Waals surface area contributed by atoms with E-state index in [2.05, 4.69) is 30.8 Å². The fraction of sp³-hybridized carbons (Fsp3) is 1.00. The molecule has 1 heterocycles. The second-order valence-corrected chi connectivity index (χ2v) is 8.88. The molecule has 2 unspecified atom stereocenters. The van der Waals surface area contributed by atoms with Crippen LogP contribution in [0.25, 0.3) is 0 Å². The summed E-state index contributed by atoms with van der Waals surface area (Å²) in [5.74, 6) is 1.31. The van der Waals surface area contributed by atoms with E-state index >= 15 is 0 Å². The Kier molecular flexibility index (Phi) is 6.05. The van der Waals surface area contributed by atoms with Gasteiger partial charge in [-0.15, -0.1) is 0 Å². The Hall–Kier alpha value is -0.170. The second kappa shape index (κ2) is 7.40. The summed E-state index contributed by atoms with van der Waals surface area (Å²) >= 11 is 0. The quantitative estimate of drug-likeness (QED) is 0.714. The van der Waals surface area contributed by atoms with Gasteiger partial charge in [0.05, 0.1) is 0 Å². The predicted octanol–water partition coefficient (Wildman–Crippen LogP) is 1.58. The van der Waals surface area contributed by atoms with Crippen molar-refractivity contribution in [2.24, 2.45) is 17.8 Å². The van der Waals surface area contributed by atoms with Gasteiger partial charge in [-0.3, -0.25) is 0 Å². The van der Waals surface area contributed by atoms with E-state index in [9.17, 15) is 8.42 Å². The molecule has 1 aliphatic heterocycles. The molecule has 5 nitrogen and oxygen atoms in total. The molecule has 2 atom stereocenters. The zero-order valence-electron chi connectivity index (χ0n) is 13.6. The summed E-state index contributed by atoms with van der Waals surface area (Å²) in [7, 11) is -3.31. The monoisotopic (exact) mass is 317 g/mol. The first kappa shape index (κ1) is 17.2. The highest BCUT2D eigenvalue weighted by atomic mass is 32.2. The standard InChI is InChI=1S/C15H31N3O2S/c1-12(2)13(3)9-17-21(19,20)18-8-4-5-14(11-18)10-16-15-6-7-15/h12-17H,4-11H2,1-3H3. The van der Waals surface area contributed by atoms with Gasteiger partial charge < -0.3 is 5.32 Å². The van der Waals surface area contributed by atoms with Crippen LogP contribution in [0.5, 0.6) is 0 Å². The van der Waals surface area contributed by atoms with Crippen molar-refractivity contribution in [2.75, 3.05) is 26.2 Å². The van der Waals surface area contributed by atoms with Gasteiger partial charge in [-0.1, -0.05) is 20.8 Å². The Labute approximate surface area is 130 Å². The third kappa shape index (κ3) is 5.51. The van der Waals surface area contributed by atoms with Crippen LogP contribution in [0.1, 0.15) is 46.5 Å². The Morgan fingerprint density at radius 1 is 1.19 bits per heavy atom. The first-order valence-electron chi connectivity index (χ1n) is 8.36. The summed E-state index contributed by atoms with van der Waals surface area (Å²) in [6.07, 6.45) is 4.67. The molecular formula is C15H31N3O2S. The van der Waals surface area contributed by atoms with E-state index in [0.717, 1.165) is 19.4 Å². The molecule has 0 aromatic carbocycles. The van der Waals surface area contributed by atoms with Crippen molar-refractivity contribution in [2.45, 2.75) is 52.5 Å².